The van der Waals surface area contributed by atoms with Crippen molar-refractivity contribution in [2.45, 2.75) is 59.5 Å². The minimum atomic E-state index is -1.05. The summed E-state index contributed by atoms with van der Waals surface area (Å²) in [5, 5.41) is 17.5. The maximum Gasteiger partial charge on any atom is 0.191 e. The molecule has 1 aromatic heterocycles. The number of nitrogens with zero attached hydrogens (tertiary/aromatic N) is 2. The Morgan fingerprint density at radius 2 is 2.19 bits per heavy atom. The van der Waals surface area contributed by atoms with Crippen molar-refractivity contribution in [1.29, 1.82) is 0 Å². The van der Waals surface area contributed by atoms with Gasteiger partial charge >= 0.3 is 0 Å². The van der Waals surface area contributed by atoms with Crippen LogP contribution in [0.5, 0.6) is 0 Å². The van der Waals surface area contributed by atoms with E-state index >= 15 is 0 Å². The van der Waals surface area contributed by atoms with Gasteiger partial charge in [0.2, 0.25) is 0 Å². The van der Waals surface area contributed by atoms with Crippen LogP contribution in [0.3, 0.4) is 0 Å². The zero-order valence-electron chi connectivity index (χ0n) is 17.8. The molecule has 1 aromatic rings. The molecule has 3 N–H and O–H groups in total. The average molecular weight is 379 g/mol. The number of aryl methyl sites for hydroxylation is 2. The molecule has 6 nitrogen and oxygen atoms in total. The van der Waals surface area contributed by atoms with E-state index in [1.165, 1.54) is 25.9 Å². The number of likely N-dealkylation sites (tertiary alicyclic amines) is 1. The molecule has 1 aliphatic heterocycles. The summed E-state index contributed by atoms with van der Waals surface area (Å²) in [7, 11) is 0. The first-order valence-corrected chi connectivity index (χ1v) is 10.4. The van der Waals surface area contributed by atoms with Gasteiger partial charge in [-0.3, -0.25) is 0 Å². The molecule has 0 saturated carbocycles. The lowest BCUT2D eigenvalue weighted by atomic mass is 9.96. The smallest absolute Gasteiger partial charge is 0.191 e. The molecule has 0 radical (unpaired) electrons. The summed E-state index contributed by atoms with van der Waals surface area (Å²) in [6.07, 6.45) is 3.77. The van der Waals surface area contributed by atoms with E-state index in [9.17, 15) is 5.11 Å². The first kappa shape index (κ1) is 21.8. The van der Waals surface area contributed by atoms with Gasteiger partial charge in [0.15, 0.2) is 5.96 Å². The first-order valence-electron chi connectivity index (χ1n) is 10.4. The number of rotatable bonds is 8. The van der Waals surface area contributed by atoms with E-state index in [1.807, 2.05) is 26.8 Å². The quantitative estimate of drug-likeness (QED) is 0.369. The first-order chi connectivity index (χ1) is 12.8. The molecule has 1 fully saturated rings. The van der Waals surface area contributed by atoms with Gasteiger partial charge in [0.1, 0.15) is 17.1 Å². The average Bonchev–Trinajstić information content (AvgIpc) is 2.96. The SMILES string of the molecule is CCNC(=NCC(C)(O)c1cc(C)oc1C)NCCCN1CCCC(C)C1. The van der Waals surface area contributed by atoms with Crippen molar-refractivity contribution < 1.29 is 9.52 Å². The Balaban J connectivity index is 1.83. The third-order valence-corrected chi connectivity index (χ3v) is 5.20. The number of aliphatic hydroxyl groups is 1. The highest BCUT2D eigenvalue weighted by Gasteiger charge is 2.27. The van der Waals surface area contributed by atoms with Gasteiger partial charge in [-0.25, -0.2) is 4.99 Å². The summed E-state index contributed by atoms with van der Waals surface area (Å²) in [5.74, 6) is 3.13. The van der Waals surface area contributed by atoms with E-state index in [0.29, 0.717) is 0 Å². The van der Waals surface area contributed by atoms with Crippen molar-refractivity contribution in [3.63, 3.8) is 0 Å². The van der Waals surface area contributed by atoms with Crippen LogP contribution in [-0.4, -0.2) is 55.2 Å². The van der Waals surface area contributed by atoms with Gasteiger partial charge in [-0.2, -0.15) is 0 Å². The number of piperidine rings is 1. The fourth-order valence-corrected chi connectivity index (χ4v) is 3.82. The predicted octanol–water partition coefficient (Wildman–Crippen LogP) is 2.78. The van der Waals surface area contributed by atoms with E-state index in [1.54, 1.807) is 6.92 Å². The number of furan rings is 1. The normalized spacial score (nSPS) is 21.1. The van der Waals surface area contributed by atoms with Crippen LogP contribution in [0.25, 0.3) is 0 Å². The van der Waals surface area contributed by atoms with Crippen LogP contribution in [0.4, 0.5) is 0 Å². The summed E-state index contributed by atoms with van der Waals surface area (Å²) < 4.78 is 5.56. The minimum Gasteiger partial charge on any atom is -0.466 e. The van der Waals surface area contributed by atoms with E-state index in [4.69, 9.17) is 4.42 Å². The summed E-state index contributed by atoms with van der Waals surface area (Å²) >= 11 is 0. The molecule has 2 rings (SSSR count). The lowest BCUT2D eigenvalue weighted by Crippen LogP contribution is -2.41. The van der Waals surface area contributed by atoms with Crippen molar-refractivity contribution in [3.05, 3.63) is 23.2 Å². The fraction of sp³-hybridized carbons (Fsp3) is 0.762. The zero-order chi connectivity index (χ0) is 19.9. The van der Waals surface area contributed by atoms with Crippen molar-refractivity contribution >= 4 is 5.96 Å². The highest BCUT2D eigenvalue weighted by atomic mass is 16.3. The molecule has 0 amide bonds. The molecule has 0 spiro atoms. The van der Waals surface area contributed by atoms with Crippen LogP contribution in [0.15, 0.2) is 15.5 Å². The van der Waals surface area contributed by atoms with Crippen LogP contribution >= 0.6 is 0 Å². The van der Waals surface area contributed by atoms with Crippen molar-refractivity contribution in [3.8, 4) is 0 Å². The zero-order valence-corrected chi connectivity index (χ0v) is 17.8. The van der Waals surface area contributed by atoms with Crippen molar-refractivity contribution in [2.24, 2.45) is 10.9 Å². The van der Waals surface area contributed by atoms with Crippen molar-refractivity contribution in [1.82, 2.24) is 15.5 Å². The number of aliphatic imine (C=N–C) groups is 1. The third kappa shape index (κ3) is 6.85. The molecule has 6 heteroatoms. The van der Waals surface area contributed by atoms with Crippen molar-refractivity contribution in [2.75, 3.05) is 39.3 Å². The maximum atomic E-state index is 10.8. The lowest BCUT2D eigenvalue weighted by Gasteiger charge is -2.30. The van der Waals surface area contributed by atoms with Crippen LogP contribution in [0.1, 0.15) is 57.1 Å². The lowest BCUT2D eigenvalue weighted by molar-refractivity contribution is 0.0657. The number of hydrogen-bond donors (Lipinski definition) is 3. The van der Waals surface area contributed by atoms with Gasteiger partial charge < -0.3 is 25.1 Å². The molecule has 27 heavy (non-hydrogen) atoms. The molecule has 2 unspecified atom stereocenters. The van der Waals surface area contributed by atoms with E-state index < -0.39 is 5.60 Å². The summed E-state index contributed by atoms with van der Waals surface area (Å²) in [4.78, 5) is 7.16. The Morgan fingerprint density at radius 1 is 1.41 bits per heavy atom. The van der Waals surface area contributed by atoms with E-state index in [2.05, 4.69) is 27.4 Å². The molecule has 2 heterocycles. The second-order valence-corrected chi connectivity index (χ2v) is 8.12. The summed E-state index contributed by atoms with van der Waals surface area (Å²) in [6, 6.07) is 1.89. The number of nitrogens with one attached hydrogen (secondary N) is 2. The Bertz CT molecular complexity index is 609. The molecule has 0 bridgehead atoms. The second kappa shape index (κ2) is 10.1. The fourth-order valence-electron chi connectivity index (χ4n) is 3.82. The topological polar surface area (TPSA) is 73.0 Å². The monoisotopic (exact) mass is 378 g/mol. The van der Waals surface area contributed by atoms with Crippen LogP contribution in [0.2, 0.25) is 0 Å². The van der Waals surface area contributed by atoms with Gasteiger partial charge in [0.25, 0.3) is 0 Å². The molecular weight excluding hydrogens is 340 g/mol. The van der Waals surface area contributed by atoms with E-state index in [0.717, 1.165) is 55.0 Å². The van der Waals surface area contributed by atoms with Crippen LogP contribution in [0, 0.1) is 19.8 Å². The summed E-state index contributed by atoms with van der Waals surface area (Å²) in [6.45, 7) is 15.5. The molecule has 1 saturated heterocycles. The molecular formula is C21H38N4O2. The standard InChI is InChI=1S/C21H38N4O2/c1-6-22-20(23-10-8-12-25-11-7-9-16(2)14-25)24-15-21(5,26)19-13-17(3)27-18(19)4/h13,16,26H,6-12,14-15H2,1-5H3,(H2,22,23,24). The van der Waals surface area contributed by atoms with Gasteiger partial charge in [0.05, 0.1) is 6.54 Å². The highest BCUT2D eigenvalue weighted by Crippen LogP contribution is 2.27. The molecule has 1 aliphatic rings. The second-order valence-electron chi connectivity index (χ2n) is 8.12. The highest BCUT2D eigenvalue weighted by molar-refractivity contribution is 5.79. The van der Waals surface area contributed by atoms with Gasteiger partial charge in [-0.1, -0.05) is 6.92 Å². The molecule has 2 atom stereocenters. The Labute approximate surface area is 164 Å². The van der Waals surface area contributed by atoms with Gasteiger partial charge in [-0.15, -0.1) is 0 Å². The van der Waals surface area contributed by atoms with Crippen LogP contribution in [-0.2, 0) is 5.60 Å². The number of guanidine groups is 1. The Hall–Kier alpha value is -1.53. The van der Waals surface area contributed by atoms with E-state index in [-0.39, 0.29) is 6.54 Å². The molecule has 0 aromatic carbocycles. The minimum absolute atomic E-state index is 0.284. The Morgan fingerprint density at radius 3 is 2.81 bits per heavy atom. The van der Waals surface area contributed by atoms with Crippen LogP contribution < -0.4 is 10.6 Å². The molecule has 154 valence electrons. The third-order valence-electron chi connectivity index (χ3n) is 5.20. The largest absolute Gasteiger partial charge is 0.466 e. The predicted molar refractivity (Wildman–Crippen MR) is 111 cm³/mol. The van der Waals surface area contributed by atoms with Gasteiger partial charge in [0, 0.05) is 25.2 Å². The Kier molecular flexibility index (Phi) is 8.17. The number of hydrogen-bond acceptors (Lipinski definition) is 4. The maximum absolute atomic E-state index is 10.8. The van der Waals surface area contributed by atoms with Gasteiger partial charge in [-0.05, 0) is 72.0 Å². The molecule has 0 aliphatic carbocycles. The summed E-state index contributed by atoms with van der Waals surface area (Å²) in [5.41, 5.74) is -0.243.